The van der Waals surface area contributed by atoms with Gasteiger partial charge in [-0.25, -0.2) is 9.37 Å². The number of carbonyl (C=O) groups excluding carboxylic acids is 4. The molecule has 0 radical (unpaired) electrons. The molecule has 3 aliphatic rings. The van der Waals surface area contributed by atoms with Crippen LogP contribution in [0.1, 0.15) is 76.8 Å². The average molecular weight is 1030 g/mol. The Kier molecular flexibility index (Phi) is 17.8. The minimum atomic E-state index is -5.20. The Labute approximate surface area is 419 Å². The number of aryl methyl sites for hydroxylation is 1. The number of hydrogen-bond donors (Lipinski definition) is 3. The molecule has 3 N–H and O–H groups in total. The van der Waals surface area contributed by atoms with Crippen LogP contribution in [0.3, 0.4) is 0 Å². The van der Waals surface area contributed by atoms with Gasteiger partial charge in [-0.1, -0.05) is 45.0 Å². The fourth-order valence-electron chi connectivity index (χ4n) is 8.31. The predicted molar refractivity (Wildman–Crippen MR) is 260 cm³/mol. The van der Waals surface area contributed by atoms with E-state index in [0.29, 0.717) is 42.1 Å². The molecule has 4 amide bonds. The zero-order valence-electron chi connectivity index (χ0n) is 40.5. The van der Waals surface area contributed by atoms with Crippen molar-refractivity contribution < 1.29 is 55.7 Å². The molecule has 0 aliphatic carbocycles. The van der Waals surface area contributed by atoms with Crippen LogP contribution < -0.4 is 20.9 Å². The predicted octanol–water partition coefficient (Wildman–Crippen LogP) is 6.48. The molecular weight excluding hydrogens is 969 g/mol. The van der Waals surface area contributed by atoms with Crippen LogP contribution in [0.2, 0.25) is 0 Å². The van der Waals surface area contributed by atoms with Crippen LogP contribution in [0.4, 0.5) is 23.2 Å². The summed E-state index contributed by atoms with van der Waals surface area (Å²) in [5.41, 5.74) is 0.277. The first-order chi connectivity index (χ1) is 33.6. The van der Waals surface area contributed by atoms with Crippen molar-refractivity contribution in [1.29, 1.82) is 5.26 Å². The van der Waals surface area contributed by atoms with Gasteiger partial charge in [0, 0.05) is 19.3 Å². The van der Waals surface area contributed by atoms with Gasteiger partial charge in [-0.15, -0.1) is 11.3 Å². The summed E-state index contributed by atoms with van der Waals surface area (Å²) < 4.78 is 79.3. The molecule has 3 aromatic rings. The van der Waals surface area contributed by atoms with Gasteiger partial charge in [0.05, 0.1) is 78.7 Å². The summed E-state index contributed by atoms with van der Waals surface area (Å²) in [6.45, 7) is 13.8. The topological polar surface area (TPSA) is 188 Å². The largest absolute Gasteiger partial charge is 0.420 e. The molecule has 1 aromatic heterocycles. The lowest BCUT2D eigenvalue weighted by Gasteiger charge is -2.35. The first-order valence-corrected chi connectivity index (χ1v) is 24.2. The van der Waals surface area contributed by atoms with Crippen molar-refractivity contribution >= 4 is 58.0 Å². The number of nitrogens with zero attached hydrogens (tertiary/aromatic N) is 5. The van der Waals surface area contributed by atoms with Crippen LogP contribution >= 0.6 is 23.6 Å². The van der Waals surface area contributed by atoms with Crippen LogP contribution in [0.5, 0.6) is 0 Å². The quantitative estimate of drug-likeness (QED) is 0.0635. The normalized spacial score (nSPS) is 18.5. The third kappa shape index (κ3) is 12.8. The van der Waals surface area contributed by atoms with Crippen molar-refractivity contribution in [1.82, 2.24) is 30.7 Å². The van der Waals surface area contributed by atoms with Gasteiger partial charge in [0.15, 0.2) is 10.9 Å². The number of ether oxygens (including phenoxy) is 4. The SMILES string of the molecule is CC1=CC(OCCOCCOCCOCC(=O)NC(C(=O)N2CCCC2C(=O)NCc2ccc(-c3scnc3C)cc2)C(C)(C)C)NC=C1N1C(=S)N(c2ccc(C#N)c(C(F)(F)F)c2F)C(=O)C1(C)C. The summed E-state index contributed by atoms with van der Waals surface area (Å²) in [5, 5.41) is 17.8. The molecule has 2 saturated heterocycles. The van der Waals surface area contributed by atoms with Crippen LogP contribution in [0, 0.1) is 29.5 Å². The molecule has 3 aliphatic heterocycles. The maximum absolute atomic E-state index is 15.4. The van der Waals surface area contributed by atoms with E-state index in [4.69, 9.17) is 31.2 Å². The number of halogens is 4. The number of thiocarbonyl (C=S) groups is 1. The molecule has 0 spiro atoms. The highest BCUT2D eigenvalue weighted by Crippen LogP contribution is 2.42. The van der Waals surface area contributed by atoms with Crippen LogP contribution in [-0.4, -0.2) is 120 Å². The lowest BCUT2D eigenvalue weighted by atomic mass is 9.85. The van der Waals surface area contributed by atoms with E-state index >= 15 is 4.39 Å². The molecule has 2 aromatic carbocycles. The number of dihydropyridines is 1. The molecule has 3 atom stereocenters. The minimum absolute atomic E-state index is 0.109. The Morgan fingerprint density at radius 1 is 1.01 bits per heavy atom. The minimum Gasteiger partial charge on any atom is -0.377 e. The monoisotopic (exact) mass is 1030 g/mol. The fraction of sp³-hybridized carbons (Fsp3) is 0.490. The van der Waals surface area contributed by atoms with Gasteiger partial charge in [0.2, 0.25) is 17.7 Å². The fourth-order valence-corrected chi connectivity index (χ4v) is 9.63. The van der Waals surface area contributed by atoms with Gasteiger partial charge in [-0.2, -0.15) is 18.4 Å². The van der Waals surface area contributed by atoms with Crippen molar-refractivity contribution in [3.05, 3.63) is 93.7 Å². The Balaban J connectivity index is 0.862. The molecule has 382 valence electrons. The molecule has 0 bridgehead atoms. The molecular formula is C49H58F4N8O8S2. The highest BCUT2D eigenvalue weighted by atomic mass is 32.1. The maximum atomic E-state index is 15.4. The average Bonchev–Trinajstić information content (AvgIpc) is 4.02. The molecule has 0 saturated carbocycles. The summed E-state index contributed by atoms with van der Waals surface area (Å²) in [6, 6.07) is 9.46. The molecule has 6 rings (SSSR count). The van der Waals surface area contributed by atoms with Crippen molar-refractivity contribution in [3.63, 3.8) is 0 Å². The number of alkyl halides is 3. The van der Waals surface area contributed by atoms with Crippen molar-refractivity contribution in [2.45, 2.75) is 97.9 Å². The third-order valence-electron chi connectivity index (χ3n) is 12.1. The van der Waals surface area contributed by atoms with Crippen molar-refractivity contribution in [2.24, 2.45) is 5.41 Å². The van der Waals surface area contributed by atoms with E-state index in [-0.39, 0.29) is 63.2 Å². The number of allylic oxidation sites excluding steroid dienone is 1. The first kappa shape index (κ1) is 54.5. The number of nitrogens with one attached hydrogen (secondary N) is 3. The number of amides is 4. The zero-order chi connectivity index (χ0) is 51.8. The van der Waals surface area contributed by atoms with Gasteiger partial charge in [-0.3, -0.25) is 24.1 Å². The Morgan fingerprint density at radius 2 is 1.68 bits per heavy atom. The molecule has 22 heteroatoms. The lowest BCUT2D eigenvalue weighted by Crippen LogP contribution is -2.58. The number of anilines is 1. The molecule has 2 fully saturated rings. The molecule has 4 heterocycles. The molecule has 3 unspecified atom stereocenters. The zero-order valence-corrected chi connectivity index (χ0v) is 42.2. The summed E-state index contributed by atoms with van der Waals surface area (Å²) in [6.07, 6.45) is -1.36. The Bertz CT molecular complexity index is 2570. The number of hydrogen-bond acceptors (Lipinski definition) is 13. The van der Waals surface area contributed by atoms with Crippen molar-refractivity contribution in [2.75, 3.05) is 57.7 Å². The summed E-state index contributed by atoms with van der Waals surface area (Å²) in [7, 11) is 0. The van der Waals surface area contributed by atoms with Crippen LogP contribution in [0.25, 0.3) is 10.4 Å². The number of thiazole rings is 1. The van der Waals surface area contributed by atoms with Crippen LogP contribution in [0.15, 0.2) is 65.5 Å². The Hall–Kier alpha value is -5.83. The van der Waals surface area contributed by atoms with Gasteiger partial charge < -0.3 is 44.7 Å². The smallest absolute Gasteiger partial charge is 0.377 e. The third-order valence-corrected chi connectivity index (χ3v) is 13.4. The van der Waals surface area contributed by atoms with E-state index in [1.165, 1.54) is 24.8 Å². The number of likely N-dealkylation sites (tertiary alicyclic amines) is 1. The number of benzene rings is 2. The Morgan fingerprint density at radius 3 is 2.28 bits per heavy atom. The summed E-state index contributed by atoms with van der Waals surface area (Å²) in [4.78, 5) is 63.0. The van der Waals surface area contributed by atoms with Crippen LogP contribution in [-0.2, 0) is 50.8 Å². The summed E-state index contributed by atoms with van der Waals surface area (Å²) in [5.74, 6) is -3.60. The molecule has 16 nitrogen and oxygen atoms in total. The van der Waals surface area contributed by atoms with E-state index in [0.717, 1.165) is 33.8 Å². The number of rotatable bonds is 20. The lowest BCUT2D eigenvalue weighted by molar-refractivity contribution is -0.144. The van der Waals surface area contributed by atoms with E-state index in [2.05, 4.69) is 20.9 Å². The second-order valence-corrected chi connectivity index (χ2v) is 19.8. The van der Waals surface area contributed by atoms with E-state index < -0.39 is 69.9 Å². The maximum Gasteiger partial charge on any atom is 0.420 e. The van der Waals surface area contributed by atoms with Gasteiger partial charge in [0.1, 0.15) is 36.0 Å². The van der Waals surface area contributed by atoms with Crippen molar-refractivity contribution in [3.8, 4) is 16.5 Å². The van der Waals surface area contributed by atoms with Gasteiger partial charge in [-0.05, 0) is 93.1 Å². The highest BCUT2D eigenvalue weighted by Gasteiger charge is 2.53. The number of nitriles is 1. The second kappa shape index (κ2) is 23.2. The van der Waals surface area contributed by atoms with Gasteiger partial charge >= 0.3 is 6.18 Å². The van der Waals surface area contributed by atoms with E-state index in [1.807, 2.05) is 57.5 Å². The van der Waals surface area contributed by atoms with E-state index in [9.17, 15) is 37.6 Å². The van der Waals surface area contributed by atoms with Gasteiger partial charge in [0.25, 0.3) is 5.91 Å². The summed E-state index contributed by atoms with van der Waals surface area (Å²) >= 11 is 7.13. The number of carbonyl (C=O) groups is 4. The second-order valence-electron chi connectivity index (χ2n) is 18.6. The van der Waals surface area contributed by atoms with E-state index in [1.54, 1.807) is 35.4 Å². The molecule has 71 heavy (non-hydrogen) atoms. The standard InChI is InChI=1S/C49H58F4N8O8S2/c1-29-23-38(55-26-36(29)61-46(70)60(45(65)48(61,6)7)34-15-14-33(24-54)39(40(34)50)49(51,52)53)69-22-21-67-18-17-66-19-20-68-27-37(62)58-42(47(3,4)5)44(64)59-16-8-9-35(59)43(63)56-25-31-10-12-32(13-11-31)41-30(2)57-28-71-41/h10-15,23,26,28,35,38,42,55H,8-9,16-22,25,27H2,1-7H3,(H,56,63)(H,58,62). The first-order valence-electron chi connectivity index (χ1n) is 22.9. The highest BCUT2D eigenvalue weighted by molar-refractivity contribution is 7.80. The number of aromatic nitrogens is 1.